The maximum atomic E-state index is 13.8. The number of amides is 1. The zero-order valence-corrected chi connectivity index (χ0v) is 13.4. The first kappa shape index (κ1) is 17.7. The highest BCUT2D eigenvalue weighted by molar-refractivity contribution is 7.90. The first-order valence-corrected chi connectivity index (χ1v) is 8.80. The van der Waals surface area contributed by atoms with E-state index in [0.29, 0.717) is 5.56 Å². The molecule has 2 rings (SSSR count). The molecule has 1 saturated heterocycles. The summed E-state index contributed by atoms with van der Waals surface area (Å²) in [4.78, 5) is 11.5. The van der Waals surface area contributed by atoms with E-state index < -0.39 is 57.4 Å². The summed E-state index contributed by atoms with van der Waals surface area (Å²) in [5, 5.41) is 4.94. The molecule has 2 atom stereocenters. The van der Waals surface area contributed by atoms with E-state index in [0.717, 1.165) is 18.4 Å². The molecule has 2 unspecified atom stereocenters. The molecule has 1 aliphatic heterocycles. The summed E-state index contributed by atoms with van der Waals surface area (Å²) >= 11 is 0. The average Bonchev–Trinajstić information content (AvgIpc) is 2.77. The predicted octanol–water partition coefficient (Wildman–Crippen LogP) is 1.40. The third kappa shape index (κ3) is 4.23. The number of benzene rings is 1. The molecule has 0 aliphatic carbocycles. The molecular weight excluding hydrogens is 333 g/mol. The Balaban J connectivity index is 2.08. The second-order valence-electron chi connectivity index (χ2n) is 5.69. The Morgan fingerprint density at radius 1 is 1.43 bits per heavy atom. The third-order valence-electron chi connectivity index (χ3n) is 3.64. The third-order valence-corrected chi connectivity index (χ3v) is 4.77. The van der Waals surface area contributed by atoms with Crippen LogP contribution in [-0.2, 0) is 14.6 Å². The summed E-state index contributed by atoms with van der Waals surface area (Å²) in [6, 6.07) is 1.85. The van der Waals surface area contributed by atoms with Crippen molar-refractivity contribution in [2.45, 2.75) is 36.2 Å². The Morgan fingerprint density at radius 3 is 2.57 bits per heavy atom. The first-order chi connectivity index (χ1) is 10.5. The van der Waals surface area contributed by atoms with E-state index in [1.54, 1.807) is 6.92 Å². The van der Waals surface area contributed by atoms with Gasteiger partial charge in [-0.05, 0) is 24.6 Å². The van der Waals surface area contributed by atoms with E-state index in [1.165, 1.54) is 6.07 Å². The van der Waals surface area contributed by atoms with Crippen LogP contribution in [0.4, 0.5) is 13.2 Å². The number of sulfone groups is 1. The monoisotopic (exact) mass is 350 g/mol. The number of carbonyl (C=O) groups is 1. The van der Waals surface area contributed by atoms with Crippen LogP contribution in [-0.4, -0.2) is 39.1 Å². The van der Waals surface area contributed by atoms with E-state index in [1.807, 2.05) is 0 Å². The molecule has 23 heavy (non-hydrogen) atoms. The molecule has 1 aromatic rings. The minimum absolute atomic E-state index is 0.341. The first-order valence-electron chi connectivity index (χ1n) is 6.91. The van der Waals surface area contributed by atoms with Gasteiger partial charge in [0.1, 0.15) is 10.7 Å². The van der Waals surface area contributed by atoms with Gasteiger partial charge in [-0.1, -0.05) is 6.07 Å². The van der Waals surface area contributed by atoms with Crippen LogP contribution in [0.25, 0.3) is 0 Å². The average molecular weight is 350 g/mol. The number of rotatable bonds is 4. The SMILES string of the molecule is CC(NC(=O)C1CC(F)(F)CN1)c1ccc(S(C)(=O)=O)c(F)c1. The zero-order valence-electron chi connectivity index (χ0n) is 12.6. The van der Waals surface area contributed by atoms with Crippen molar-refractivity contribution < 1.29 is 26.4 Å². The molecule has 5 nitrogen and oxygen atoms in total. The lowest BCUT2D eigenvalue weighted by molar-refractivity contribution is -0.124. The summed E-state index contributed by atoms with van der Waals surface area (Å²) in [5.74, 6) is -4.45. The fourth-order valence-corrected chi connectivity index (χ4v) is 3.11. The number of hydrogen-bond acceptors (Lipinski definition) is 4. The van der Waals surface area contributed by atoms with Crippen molar-refractivity contribution in [3.05, 3.63) is 29.6 Å². The van der Waals surface area contributed by atoms with Crippen molar-refractivity contribution in [1.82, 2.24) is 10.6 Å². The van der Waals surface area contributed by atoms with E-state index in [9.17, 15) is 26.4 Å². The van der Waals surface area contributed by atoms with Crippen LogP contribution in [0.2, 0.25) is 0 Å². The molecule has 9 heteroatoms. The van der Waals surface area contributed by atoms with Crippen LogP contribution in [0.15, 0.2) is 23.1 Å². The molecule has 1 aromatic carbocycles. The standard InChI is InChI=1S/C14H17F3N2O3S/c1-8(19-13(20)11-6-14(16,17)7-18-11)9-3-4-12(10(15)5-9)23(2,21)22/h3-5,8,11,18H,6-7H2,1-2H3,(H,19,20). The van der Waals surface area contributed by atoms with Crippen LogP contribution in [0.5, 0.6) is 0 Å². The summed E-state index contributed by atoms with van der Waals surface area (Å²) in [7, 11) is -3.68. The van der Waals surface area contributed by atoms with Crippen molar-refractivity contribution in [3.63, 3.8) is 0 Å². The highest BCUT2D eigenvalue weighted by Gasteiger charge is 2.42. The number of carbonyl (C=O) groups excluding carboxylic acids is 1. The minimum atomic E-state index is -3.68. The van der Waals surface area contributed by atoms with E-state index in [-0.39, 0.29) is 0 Å². The van der Waals surface area contributed by atoms with Gasteiger partial charge >= 0.3 is 0 Å². The van der Waals surface area contributed by atoms with Crippen molar-refractivity contribution >= 4 is 15.7 Å². The molecular formula is C14H17F3N2O3S. The second-order valence-corrected chi connectivity index (χ2v) is 7.67. The van der Waals surface area contributed by atoms with Gasteiger partial charge in [0.2, 0.25) is 5.91 Å². The zero-order chi connectivity index (χ0) is 17.4. The highest BCUT2D eigenvalue weighted by Crippen LogP contribution is 2.26. The van der Waals surface area contributed by atoms with Gasteiger partial charge in [-0.25, -0.2) is 21.6 Å². The fraction of sp³-hybridized carbons (Fsp3) is 0.500. The normalized spacial score (nSPS) is 21.9. The lowest BCUT2D eigenvalue weighted by atomic mass is 10.1. The molecule has 0 aromatic heterocycles. The number of hydrogen-bond donors (Lipinski definition) is 2. The summed E-state index contributed by atoms with van der Waals surface area (Å²) in [5.41, 5.74) is 0.341. The maximum absolute atomic E-state index is 13.8. The minimum Gasteiger partial charge on any atom is -0.348 e. The van der Waals surface area contributed by atoms with Gasteiger partial charge in [-0.2, -0.15) is 0 Å². The molecule has 0 bridgehead atoms. The molecule has 0 radical (unpaired) electrons. The van der Waals surface area contributed by atoms with Crippen molar-refractivity contribution in [2.24, 2.45) is 0 Å². The van der Waals surface area contributed by atoms with Gasteiger partial charge in [0.25, 0.3) is 5.92 Å². The Kier molecular flexibility index (Phi) is 4.72. The topological polar surface area (TPSA) is 75.3 Å². The van der Waals surface area contributed by atoms with Crippen LogP contribution in [0.1, 0.15) is 24.9 Å². The predicted molar refractivity (Wildman–Crippen MR) is 77.4 cm³/mol. The largest absolute Gasteiger partial charge is 0.348 e. The fourth-order valence-electron chi connectivity index (χ4n) is 2.39. The van der Waals surface area contributed by atoms with Crippen LogP contribution >= 0.6 is 0 Å². The van der Waals surface area contributed by atoms with Crippen molar-refractivity contribution in [3.8, 4) is 0 Å². The van der Waals surface area contributed by atoms with Gasteiger partial charge in [0.05, 0.1) is 18.6 Å². The van der Waals surface area contributed by atoms with Gasteiger partial charge in [-0.15, -0.1) is 0 Å². The lowest BCUT2D eigenvalue weighted by Gasteiger charge is -2.18. The maximum Gasteiger partial charge on any atom is 0.262 e. The summed E-state index contributed by atoms with van der Waals surface area (Å²) in [6.07, 6.45) is 0.301. The van der Waals surface area contributed by atoms with Crippen LogP contribution < -0.4 is 10.6 Å². The van der Waals surface area contributed by atoms with Gasteiger partial charge < -0.3 is 5.32 Å². The molecule has 1 fully saturated rings. The number of alkyl halides is 2. The number of nitrogens with one attached hydrogen (secondary N) is 2. The summed E-state index contributed by atoms with van der Waals surface area (Å²) in [6.45, 7) is 0.997. The molecule has 2 N–H and O–H groups in total. The van der Waals surface area contributed by atoms with Crippen LogP contribution in [0, 0.1) is 5.82 Å². The molecule has 128 valence electrons. The number of halogens is 3. The summed E-state index contributed by atoms with van der Waals surface area (Å²) < 4.78 is 62.7. The smallest absolute Gasteiger partial charge is 0.262 e. The van der Waals surface area contributed by atoms with Crippen molar-refractivity contribution in [1.29, 1.82) is 0 Å². The van der Waals surface area contributed by atoms with Crippen molar-refractivity contribution in [2.75, 3.05) is 12.8 Å². The Morgan fingerprint density at radius 2 is 2.09 bits per heavy atom. The van der Waals surface area contributed by atoms with Crippen LogP contribution in [0.3, 0.4) is 0 Å². The van der Waals surface area contributed by atoms with E-state index in [2.05, 4.69) is 10.6 Å². The van der Waals surface area contributed by atoms with E-state index in [4.69, 9.17) is 0 Å². The Labute approximate surface area is 132 Å². The highest BCUT2D eigenvalue weighted by atomic mass is 32.2. The Hall–Kier alpha value is -1.61. The Bertz CT molecular complexity index is 722. The molecule has 1 aliphatic rings. The van der Waals surface area contributed by atoms with Gasteiger partial charge in [0.15, 0.2) is 9.84 Å². The molecule has 0 saturated carbocycles. The molecule has 1 amide bonds. The molecule has 0 spiro atoms. The quantitative estimate of drug-likeness (QED) is 0.861. The van der Waals surface area contributed by atoms with E-state index >= 15 is 0 Å². The lowest BCUT2D eigenvalue weighted by Crippen LogP contribution is -2.41. The van der Waals surface area contributed by atoms with Gasteiger partial charge in [-0.3, -0.25) is 10.1 Å². The van der Waals surface area contributed by atoms with Gasteiger partial charge in [0, 0.05) is 12.7 Å². The molecule has 1 heterocycles. The second kappa shape index (κ2) is 6.12.